The van der Waals surface area contributed by atoms with Crippen molar-refractivity contribution in [2.24, 2.45) is 0 Å². The maximum Gasteiger partial charge on any atom is 0.346 e. The molecule has 1 fully saturated rings. The van der Waals surface area contributed by atoms with Crippen molar-refractivity contribution >= 4 is 33.4 Å². The van der Waals surface area contributed by atoms with Gasteiger partial charge in [0, 0.05) is 35.8 Å². The van der Waals surface area contributed by atoms with Gasteiger partial charge in [-0.3, -0.25) is 9.59 Å². The molecule has 2 heterocycles. The zero-order valence-electron chi connectivity index (χ0n) is 20.2. The lowest BCUT2D eigenvalue weighted by molar-refractivity contribution is 0.0980. The lowest BCUT2D eigenvalue weighted by Gasteiger charge is -2.28. The number of fused-ring (bicyclic) bond motifs is 2. The first kappa shape index (κ1) is 23.8. The highest BCUT2D eigenvalue weighted by Crippen LogP contribution is 2.42. The second kappa shape index (κ2) is 9.60. The molecule has 1 saturated carbocycles. The van der Waals surface area contributed by atoms with E-state index in [0.29, 0.717) is 47.8 Å². The predicted octanol–water partition coefficient (Wildman–Crippen LogP) is 5.32. The molecule has 2 aromatic heterocycles. The van der Waals surface area contributed by atoms with Crippen LogP contribution in [-0.2, 0) is 0 Å². The largest absolute Gasteiger partial charge is 0.408 e. The van der Waals surface area contributed by atoms with Gasteiger partial charge in [0.1, 0.15) is 0 Å². The van der Waals surface area contributed by atoms with E-state index in [1.165, 1.54) is 12.1 Å². The fourth-order valence-corrected chi connectivity index (χ4v) is 4.97. The van der Waals surface area contributed by atoms with Gasteiger partial charge in [-0.05, 0) is 49.2 Å². The molecule has 0 aliphatic heterocycles. The molecule has 0 spiro atoms. The molecule has 1 aliphatic rings. The number of nitrogens with zero attached hydrogens (tertiary/aromatic N) is 2. The third-order valence-corrected chi connectivity index (χ3v) is 6.98. The van der Waals surface area contributed by atoms with Crippen molar-refractivity contribution in [3.05, 3.63) is 80.1 Å². The van der Waals surface area contributed by atoms with Crippen LogP contribution in [0.3, 0.4) is 0 Å². The molecule has 0 radical (unpaired) electrons. The Balaban J connectivity index is 1.55. The fraction of sp³-hybridized carbons (Fsp3) is 0.357. The standard InChI is InChI=1S/C28H26N2O6/c1-3-23(31)15-9-11-21-19(13-15)27(33)35-25(29-21)17-7-5-6-8-18(17)26-30-22-12-10-16(24(32)4-2)14-20(22)28(34)36-26/h9-14,17-18H,3-8H2,1-2H3. The first-order chi connectivity index (χ1) is 17.4. The Labute approximate surface area is 206 Å². The zero-order valence-corrected chi connectivity index (χ0v) is 20.2. The first-order valence-electron chi connectivity index (χ1n) is 12.4. The molecular formula is C28H26N2O6. The molecule has 36 heavy (non-hydrogen) atoms. The second-order valence-electron chi connectivity index (χ2n) is 9.19. The van der Waals surface area contributed by atoms with Crippen LogP contribution >= 0.6 is 0 Å². The maximum absolute atomic E-state index is 12.9. The Morgan fingerprint density at radius 1 is 0.750 bits per heavy atom. The molecule has 2 aromatic carbocycles. The molecule has 2 atom stereocenters. The Morgan fingerprint density at radius 2 is 1.17 bits per heavy atom. The number of aromatic nitrogens is 2. The lowest BCUT2D eigenvalue weighted by Crippen LogP contribution is -2.21. The van der Waals surface area contributed by atoms with Gasteiger partial charge in [0.15, 0.2) is 11.6 Å². The van der Waals surface area contributed by atoms with Gasteiger partial charge in [-0.2, -0.15) is 0 Å². The second-order valence-corrected chi connectivity index (χ2v) is 9.19. The minimum Gasteiger partial charge on any atom is -0.408 e. The van der Waals surface area contributed by atoms with Crippen LogP contribution in [0.15, 0.2) is 54.8 Å². The third-order valence-electron chi connectivity index (χ3n) is 6.98. The number of rotatable bonds is 6. The summed E-state index contributed by atoms with van der Waals surface area (Å²) in [5.74, 6) is -0.142. The monoisotopic (exact) mass is 486 g/mol. The van der Waals surface area contributed by atoms with Crippen molar-refractivity contribution in [3.63, 3.8) is 0 Å². The molecule has 8 heteroatoms. The molecule has 5 rings (SSSR count). The van der Waals surface area contributed by atoms with Crippen LogP contribution in [0.2, 0.25) is 0 Å². The minimum absolute atomic E-state index is 0.0590. The SMILES string of the molecule is CCC(=O)c1ccc2nc(C3CCCCC3c3nc4ccc(C(=O)CC)cc4c(=O)o3)oc(=O)c2c1. The molecule has 0 amide bonds. The topological polar surface area (TPSA) is 120 Å². The van der Waals surface area contributed by atoms with Gasteiger partial charge < -0.3 is 8.83 Å². The smallest absolute Gasteiger partial charge is 0.346 e. The Bertz CT molecular complexity index is 1500. The molecule has 0 bridgehead atoms. The average molecular weight is 487 g/mol. The van der Waals surface area contributed by atoms with E-state index in [0.717, 1.165) is 12.8 Å². The number of Topliss-reactive ketones (excluding diaryl/α,β-unsaturated/α-hetero) is 2. The van der Waals surface area contributed by atoms with Gasteiger partial charge in [0.25, 0.3) is 0 Å². The summed E-state index contributed by atoms with van der Waals surface area (Å²) in [6.07, 6.45) is 3.90. The summed E-state index contributed by atoms with van der Waals surface area (Å²) < 4.78 is 11.3. The third kappa shape index (κ3) is 4.27. The molecule has 2 unspecified atom stereocenters. The quantitative estimate of drug-likeness (QED) is 0.336. The van der Waals surface area contributed by atoms with E-state index in [1.807, 2.05) is 0 Å². The highest BCUT2D eigenvalue weighted by Gasteiger charge is 2.34. The maximum atomic E-state index is 12.9. The van der Waals surface area contributed by atoms with Crippen molar-refractivity contribution in [1.82, 2.24) is 9.97 Å². The minimum atomic E-state index is -0.550. The lowest BCUT2D eigenvalue weighted by atomic mass is 9.79. The summed E-state index contributed by atoms with van der Waals surface area (Å²) in [6, 6.07) is 9.74. The van der Waals surface area contributed by atoms with E-state index in [4.69, 9.17) is 8.83 Å². The van der Waals surface area contributed by atoms with Crippen LogP contribution in [0.1, 0.15) is 96.7 Å². The Morgan fingerprint density at radius 3 is 1.56 bits per heavy atom. The van der Waals surface area contributed by atoms with E-state index in [-0.39, 0.29) is 46.0 Å². The average Bonchev–Trinajstić information content (AvgIpc) is 2.91. The van der Waals surface area contributed by atoms with Crippen LogP contribution in [0.25, 0.3) is 21.8 Å². The van der Waals surface area contributed by atoms with Gasteiger partial charge in [-0.15, -0.1) is 0 Å². The summed E-state index contributed by atoms with van der Waals surface area (Å²) in [6.45, 7) is 3.53. The van der Waals surface area contributed by atoms with Crippen LogP contribution in [-0.4, -0.2) is 21.5 Å². The fourth-order valence-electron chi connectivity index (χ4n) is 4.97. The number of benzene rings is 2. The summed E-state index contributed by atoms with van der Waals surface area (Å²) in [5.41, 5.74) is 0.720. The predicted molar refractivity (Wildman–Crippen MR) is 134 cm³/mol. The van der Waals surface area contributed by atoms with E-state index in [1.54, 1.807) is 38.1 Å². The van der Waals surface area contributed by atoms with Crippen LogP contribution < -0.4 is 11.3 Å². The summed E-state index contributed by atoms with van der Waals surface area (Å²) >= 11 is 0. The first-order valence-corrected chi connectivity index (χ1v) is 12.4. The van der Waals surface area contributed by atoms with E-state index in [2.05, 4.69) is 9.97 Å². The van der Waals surface area contributed by atoms with Gasteiger partial charge in [0.05, 0.1) is 21.8 Å². The van der Waals surface area contributed by atoms with Crippen molar-refractivity contribution in [3.8, 4) is 0 Å². The molecule has 184 valence electrons. The number of ketones is 2. The van der Waals surface area contributed by atoms with E-state index in [9.17, 15) is 19.2 Å². The zero-order chi connectivity index (χ0) is 25.4. The summed E-state index contributed by atoms with van der Waals surface area (Å²) in [7, 11) is 0. The van der Waals surface area contributed by atoms with Crippen LogP contribution in [0.4, 0.5) is 0 Å². The molecule has 8 nitrogen and oxygen atoms in total. The summed E-state index contributed by atoms with van der Waals surface area (Å²) in [5, 5.41) is 0.524. The Kier molecular flexibility index (Phi) is 6.35. The van der Waals surface area contributed by atoms with Gasteiger partial charge in [-0.1, -0.05) is 26.7 Å². The number of carbonyl (C=O) groups excluding carboxylic acids is 2. The number of hydrogen-bond acceptors (Lipinski definition) is 8. The van der Waals surface area contributed by atoms with Crippen molar-refractivity contribution in [2.75, 3.05) is 0 Å². The van der Waals surface area contributed by atoms with Crippen LogP contribution in [0, 0.1) is 0 Å². The van der Waals surface area contributed by atoms with Gasteiger partial charge in [0.2, 0.25) is 11.8 Å². The van der Waals surface area contributed by atoms with Gasteiger partial charge >= 0.3 is 11.3 Å². The number of carbonyl (C=O) groups is 2. The molecule has 0 saturated heterocycles. The molecule has 4 aromatic rings. The van der Waals surface area contributed by atoms with Crippen molar-refractivity contribution < 1.29 is 18.4 Å². The molecular weight excluding hydrogens is 460 g/mol. The highest BCUT2D eigenvalue weighted by atomic mass is 16.4. The molecule has 0 N–H and O–H groups in total. The highest BCUT2D eigenvalue weighted by molar-refractivity contribution is 5.99. The van der Waals surface area contributed by atoms with Gasteiger partial charge in [-0.25, -0.2) is 19.6 Å². The van der Waals surface area contributed by atoms with Crippen molar-refractivity contribution in [1.29, 1.82) is 0 Å². The summed E-state index contributed by atoms with van der Waals surface area (Å²) in [4.78, 5) is 59.1. The number of hydrogen-bond donors (Lipinski definition) is 0. The molecule has 1 aliphatic carbocycles. The van der Waals surface area contributed by atoms with E-state index >= 15 is 0 Å². The van der Waals surface area contributed by atoms with Crippen LogP contribution in [0.5, 0.6) is 0 Å². The van der Waals surface area contributed by atoms with Crippen molar-refractivity contribution in [2.45, 2.75) is 64.2 Å². The normalized spacial score (nSPS) is 17.9. The Hall–Kier alpha value is -3.94. The van der Waals surface area contributed by atoms with E-state index < -0.39 is 11.3 Å².